The number of ether oxygens (including phenoxy) is 1. The molecule has 1 aromatic carbocycles. The Morgan fingerprint density at radius 2 is 1.93 bits per heavy atom. The fourth-order valence-corrected chi connectivity index (χ4v) is 3.12. The van der Waals surface area contributed by atoms with Crippen molar-refractivity contribution in [2.45, 2.75) is 33.1 Å². The van der Waals surface area contributed by atoms with E-state index in [9.17, 15) is 4.79 Å². The van der Waals surface area contributed by atoms with Crippen LogP contribution in [0, 0.1) is 0 Å². The predicted octanol–water partition coefficient (Wildman–Crippen LogP) is 2.93. The number of carbonyl (C=O) groups is 1. The summed E-state index contributed by atoms with van der Waals surface area (Å²) in [5.74, 6) is 2.00. The molecular weight excluding hydrogens is 356 g/mol. The zero-order chi connectivity index (χ0) is 19.8. The van der Waals surface area contributed by atoms with Crippen LogP contribution < -0.4 is 15.0 Å². The Morgan fingerprint density at radius 3 is 2.61 bits per heavy atom. The van der Waals surface area contributed by atoms with E-state index in [1.165, 1.54) is 0 Å². The molecule has 0 saturated carbocycles. The summed E-state index contributed by atoms with van der Waals surface area (Å²) in [5, 5.41) is 3.25. The number of rotatable bonds is 10. The van der Waals surface area contributed by atoms with Crippen molar-refractivity contribution in [3.05, 3.63) is 30.3 Å². The molecule has 28 heavy (non-hydrogen) atoms. The lowest BCUT2D eigenvalue weighted by Gasteiger charge is -2.20. The Kier molecular flexibility index (Phi) is 7.00. The van der Waals surface area contributed by atoms with Gasteiger partial charge in [0.05, 0.1) is 0 Å². The van der Waals surface area contributed by atoms with Gasteiger partial charge in [-0.05, 0) is 38.8 Å². The summed E-state index contributed by atoms with van der Waals surface area (Å²) in [7, 11) is 0. The highest BCUT2D eigenvalue weighted by Crippen LogP contribution is 2.21. The number of para-hydroxylation sites is 1. The number of aromatic nitrogens is 3. The molecule has 0 unspecified atom stereocenters. The molecule has 0 radical (unpaired) electrons. The van der Waals surface area contributed by atoms with E-state index >= 15 is 0 Å². The first-order chi connectivity index (χ1) is 13.7. The van der Waals surface area contributed by atoms with Crippen LogP contribution in [-0.2, 0) is 4.79 Å². The minimum Gasteiger partial charge on any atom is -0.424 e. The molecule has 1 aliphatic heterocycles. The number of amides is 1. The van der Waals surface area contributed by atoms with Crippen LogP contribution in [-0.4, -0.2) is 58.5 Å². The molecule has 0 atom stereocenters. The van der Waals surface area contributed by atoms with Crippen LogP contribution in [0.3, 0.4) is 0 Å². The van der Waals surface area contributed by atoms with Crippen LogP contribution in [0.15, 0.2) is 30.3 Å². The number of likely N-dealkylation sites (tertiary alicyclic amines) is 1. The third-order valence-corrected chi connectivity index (χ3v) is 4.66. The first-order valence-electron chi connectivity index (χ1n) is 9.95. The van der Waals surface area contributed by atoms with E-state index in [2.05, 4.69) is 34.1 Å². The molecular formula is C20H28N6O2. The van der Waals surface area contributed by atoms with Crippen LogP contribution >= 0.6 is 0 Å². The molecule has 0 spiro atoms. The fourth-order valence-electron chi connectivity index (χ4n) is 3.12. The molecule has 3 rings (SSSR count). The summed E-state index contributed by atoms with van der Waals surface area (Å²) < 4.78 is 5.82. The van der Waals surface area contributed by atoms with Crippen molar-refractivity contribution in [3.8, 4) is 11.8 Å². The Labute approximate surface area is 166 Å². The van der Waals surface area contributed by atoms with Crippen LogP contribution in [0.1, 0.15) is 33.1 Å². The monoisotopic (exact) mass is 384 g/mol. The van der Waals surface area contributed by atoms with E-state index < -0.39 is 0 Å². The van der Waals surface area contributed by atoms with E-state index in [1.54, 1.807) is 0 Å². The van der Waals surface area contributed by atoms with Gasteiger partial charge in [0.1, 0.15) is 5.75 Å². The van der Waals surface area contributed by atoms with Crippen molar-refractivity contribution in [1.82, 2.24) is 19.9 Å². The van der Waals surface area contributed by atoms with Gasteiger partial charge < -0.3 is 19.9 Å². The van der Waals surface area contributed by atoms with Crippen LogP contribution in [0.2, 0.25) is 0 Å². The van der Waals surface area contributed by atoms with Gasteiger partial charge in [-0.15, -0.1) is 0 Å². The van der Waals surface area contributed by atoms with Gasteiger partial charge in [-0.3, -0.25) is 4.79 Å². The summed E-state index contributed by atoms with van der Waals surface area (Å²) in [6, 6.07) is 9.73. The summed E-state index contributed by atoms with van der Waals surface area (Å²) in [6.07, 6.45) is 2.48. The third kappa shape index (κ3) is 5.31. The number of benzene rings is 1. The predicted molar refractivity (Wildman–Crippen MR) is 109 cm³/mol. The van der Waals surface area contributed by atoms with Crippen molar-refractivity contribution in [2.75, 3.05) is 42.9 Å². The largest absolute Gasteiger partial charge is 0.424 e. The molecule has 8 nitrogen and oxygen atoms in total. The molecule has 1 aromatic heterocycles. The van der Waals surface area contributed by atoms with E-state index in [4.69, 9.17) is 4.74 Å². The maximum Gasteiger partial charge on any atom is 0.328 e. The van der Waals surface area contributed by atoms with Gasteiger partial charge in [0.15, 0.2) is 0 Å². The molecule has 0 aliphatic carbocycles. The van der Waals surface area contributed by atoms with E-state index in [1.807, 2.05) is 40.1 Å². The number of carbonyl (C=O) groups excluding carboxylic acids is 1. The first kappa shape index (κ1) is 19.9. The van der Waals surface area contributed by atoms with E-state index in [-0.39, 0.29) is 11.9 Å². The average Bonchev–Trinajstić information content (AvgIpc) is 3.12. The summed E-state index contributed by atoms with van der Waals surface area (Å²) in [6.45, 7) is 8.01. The zero-order valence-corrected chi connectivity index (χ0v) is 16.6. The lowest BCUT2D eigenvalue weighted by Crippen LogP contribution is -2.27. The lowest BCUT2D eigenvalue weighted by molar-refractivity contribution is -0.127. The second-order valence-electron chi connectivity index (χ2n) is 6.59. The van der Waals surface area contributed by atoms with Gasteiger partial charge in [-0.1, -0.05) is 18.2 Å². The number of hydrogen-bond acceptors (Lipinski definition) is 7. The number of anilines is 2. The first-order valence-corrected chi connectivity index (χ1v) is 9.95. The maximum absolute atomic E-state index is 11.7. The second kappa shape index (κ2) is 9.87. The Bertz CT molecular complexity index is 767. The average molecular weight is 384 g/mol. The van der Waals surface area contributed by atoms with E-state index in [0.717, 1.165) is 39.0 Å². The normalized spacial score (nSPS) is 13.6. The van der Waals surface area contributed by atoms with Gasteiger partial charge in [0.25, 0.3) is 0 Å². The van der Waals surface area contributed by atoms with Gasteiger partial charge in [0, 0.05) is 39.1 Å². The van der Waals surface area contributed by atoms with Crippen LogP contribution in [0.4, 0.5) is 11.9 Å². The maximum atomic E-state index is 11.7. The molecule has 1 saturated heterocycles. The Hall–Kier alpha value is -2.90. The van der Waals surface area contributed by atoms with Crippen LogP contribution in [0.5, 0.6) is 11.8 Å². The molecule has 8 heteroatoms. The molecule has 1 fully saturated rings. The zero-order valence-electron chi connectivity index (χ0n) is 16.6. The van der Waals surface area contributed by atoms with Crippen molar-refractivity contribution < 1.29 is 9.53 Å². The van der Waals surface area contributed by atoms with Crippen LogP contribution in [0.25, 0.3) is 0 Å². The van der Waals surface area contributed by atoms with Gasteiger partial charge in [0.2, 0.25) is 17.8 Å². The molecule has 1 N–H and O–H groups in total. The highest BCUT2D eigenvalue weighted by Gasteiger charge is 2.19. The summed E-state index contributed by atoms with van der Waals surface area (Å²) in [5.41, 5.74) is 0. The minimum atomic E-state index is 0.252. The highest BCUT2D eigenvalue weighted by molar-refractivity contribution is 5.78. The van der Waals surface area contributed by atoms with Crippen molar-refractivity contribution in [2.24, 2.45) is 0 Å². The van der Waals surface area contributed by atoms with Gasteiger partial charge in [-0.25, -0.2) is 0 Å². The van der Waals surface area contributed by atoms with Crippen molar-refractivity contribution in [3.63, 3.8) is 0 Å². The quantitative estimate of drug-likeness (QED) is 0.631. The van der Waals surface area contributed by atoms with Crippen molar-refractivity contribution in [1.29, 1.82) is 0 Å². The molecule has 0 bridgehead atoms. The van der Waals surface area contributed by atoms with Gasteiger partial charge in [-0.2, -0.15) is 15.0 Å². The molecule has 1 aliphatic rings. The minimum absolute atomic E-state index is 0.252. The number of nitrogens with zero attached hydrogens (tertiary/aromatic N) is 5. The molecule has 150 valence electrons. The molecule has 1 amide bonds. The molecule has 2 heterocycles. The van der Waals surface area contributed by atoms with Gasteiger partial charge >= 0.3 is 6.01 Å². The summed E-state index contributed by atoms with van der Waals surface area (Å²) >= 11 is 0. The second-order valence-corrected chi connectivity index (χ2v) is 6.59. The third-order valence-electron chi connectivity index (χ3n) is 4.66. The van der Waals surface area contributed by atoms with E-state index in [0.29, 0.717) is 30.6 Å². The SMILES string of the molecule is CCN(CC)c1nc(NCCCN2CCCC2=O)nc(Oc2ccccc2)n1. The Morgan fingerprint density at radius 1 is 1.14 bits per heavy atom. The molecule has 2 aromatic rings. The number of nitrogens with one attached hydrogen (secondary N) is 1. The highest BCUT2D eigenvalue weighted by atomic mass is 16.5. The smallest absolute Gasteiger partial charge is 0.328 e. The fraction of sp³-hybridized carbons (Fsp3) is 0.500. The lowest BCUT2D eigenvalue weighted by atomic mass is 10.3. The standard InChI is InChI=1S/C20H28N6O2/c1-3-25(4-2)19-22-18(21-13-9-15-26-14-8-12-17(26)27)23-20(24-19)28-16-10-6-5-7-11-16/h5-7,10-11H,3-4,8-9,12-15H2,1-2H3,(H,21,22,23,24). The Balaban J connectivity index is 1.66. The van der Waals surface area contributed by atoms with Crippen molar-refractivity contribution >= 4 is 17.8 Å². The number of hydrogen-bond donors (Lipinski definition) is 1. The summed E-state index contributed by atoms with van der Waals surface area (Å²) in [4.78, 5) is 29.1. The topological polar surface area (TPSA) is 83.5 Å².